The minimum absolute atomic E-state index is 0.0265. The van der Waals surface area contributed by atoms with Gasteiger partial charge in [0, 0.05) is 12.2 Å². The summed E-state index contributed by atoms with van der Waals surface area (Å²) in [7, 11) is 0. The number of benzene rings is 1. The fraction of sp³-hybridized carbons (Fsp3) is 0.690. The molecular weight excluding hydrogens is 470 g/mol. The summed E-state index contributed by atoms with van der Waals surface area (Å²) in [5, 5.41) is 16.5. The van der Waals surface area contributed by atoms with Crippen LogP contribution >= 0.6 is 0 Å². The lowest BCUT2D eigenvalue weighted by molar-refractivity contribution is -0.151. The van der Waals surface area contributed by atoms with E-state index in [9.17, 15) is 19.5 Å². The molecule has 3 N–H and O–H groups in total. The van der Waals surface area contributed by atoms with Crippen LogP contribution in [0.15, 0.2) is 30.3 Å². The number of rotatable bonds is 11. The second-order valence-electron chi connectivity index (χ2n) is 11.4. The second-order valence-corrected chi connectivity index (χ2v) is 11.4. The van der Waals surface area contributed by atoms with E-state index in [4.69, 9.17) is 4.74 Å². The Labute approximate surface area is 220 Å². The fourth-order valence-electron chi connectivity index (χ4n) is 6.97. The molecule has 4 rings (SSSR count). The topological polar surface area (TPSA) is 108 Å². The van der Waals surface area contributed by atoms with Gasteiger partial charge in [0.2, 0.25) is 17.7 Å². The Morgan fingerprint density at radius 2 is 1.89 bits per heavy atom. The van der Waals surface area contributed by atoms with Crippen molar-refractivity contribution in [2.75, 3.05) is 18.5 Å². The van der Waals surface area contributed by atoms with E-state index in [1.807, 2.05) is 58.0 Å². The lowest BCUT2D eigenvalue weighted by atomic mass is 9.62. The summed E-state index contributed by atoms with van der Waals surface area (Å²) in [5.41, 5.74) is -1.34. The molecule has 204 valence electrons. The third kappa shape index (κ3) is 4.46. The van der Waals surface area contributed by atoms with E-state index < -0.39 is 35.1 Å². The third-order valence-corrected chi connectivity index (χ3v) is 9.25. The van der Waals surface area contributed by atoms with Crippen LogP contribution in [0.4, 0.5) is 5.69 Å². The molecular formula is C29H43N3O5. The molecule has 1 aromatic rings. The van der Waals surface area contributed by atoms with Crippen molar-refractivity contribution in [3.63, 3.8) is 0 Å². The number of unbranched alkanes of at least 4 members (excludes halogenated alkanes) is 2. The lowest BCUT2D eigenvalue weighted by Crippen LogP contribution is -2.59. The minimum atomic E-state index is -1.11. The number of aliphatic hydroxyl groups excluding tert-OH is 1. The number of nitrogens with zero attached hydrogens (tertiary/aromatic N) is 1. The number of para-hydroxylation sites is 1. The number of fused-ring (bicyclic) bond motifs is 1. The number of hydrogen-bond donors (Lipinski definition) is 3. The van der Waals surface area contributed by atoms with E-state index in [0.29, 0.717) is 18.7 Å². The van der Waals surface area contributed by atoms with Crippen molar-refractivity contribution >= 4 is 23.4 Å². The monoisotopic (exact) mass is 513 g/mol. The summed E-state index contributed by atoms with van der Waals surface area (Å²) in [5.74, 6) is -2.39. The smallest absolute Gasteiger partial charge is 0.245 e. The first-order valence-electron chi connectivity index (χ1n) is 13.9. The van der Waals surface area contributed by atoms with Gasteiger partial charge in [0.05, 0.1) is 30.1 Å². The molecule has 0 saturated carbocycles. The van der Waals surface area contributed by atoms with Crippen molar-refractivity contribution in [2.45, 2.75) is 90.0 Å². The number of ether oxygens (including phenoxy) is 1. The van der Waals surface area contributed by atoms with Crippen molar-refractivity contribution in [1.29, 1.82) is 0 Å². The maximum atomic E-state index is 14.3. The molecule has 3 unspecified atom stereocenters. The van der Waals surface area contributed by atoms with Crippen molar-refractivity contribution in [2.24, 2.45) is 23.7 Å². The van der Waals surface area contributed by atoms with Gasteiger partial charge in [-0.05, 0) is 43.7 Å². The summed E-state index contributed by atoms with van der Waals surface area (Å²) in [6, 6.07) is 7.77. The maximum absolute atomic E-state index is 14.3. The van der Waals surface area contributed by atoms with Crippen LogP contribution in [0.3, 0.4) is 0 Å². The Kier molecular flexibility index (Phi) is 8.00. The molecule has 3 aliphatic heterocycles. The maximum Gasteiger partial charge on any atom is 0.245 e. The van der Waals surface area contributed by atoms with Gasteiger partial charge in [-0.3, -0.25) is 14.4 Å². The van der Waals surface area contributed by atoms with Crippen LogP contribution in [0.2, 0.25) is 0 Å². The Morgan fingerprint density at radius 3 is 2.51 bits per heavy atom. The highest BCUT2D eigenvalue weighted by molar-refractivity contribution is 6.02. The summed E-state index contributed by atoms with van der Waals surface area (Å²) in [6.07, 6.45) is 4.14. The van der Waals surface area contributed by atoms with Crippen LogP contribution in [0.5, 0.6) is 0 Å². The third-order valence-electron chi connectivity index (χ3n) is 9.25. The number of hydrogen-bond acceptors (Lipinski definition) is 5. The zero-order valence-electron chi connectivity index (χ0n) is 22.8. The van der Waals surface area contributed by atoms with Gasteiger partial charge < -0.3 is 25.4 Å². The quantitative estimate of drug-likeness (QED) is 0.394. The lowest BCUT2D eigenvalue weighted by Gasteiger charge is -2.39. The highest BCUT2D eigenvalue weighted by Crippen LogP contribution is 2.65. The first kappa shape index (κ1) is 27.6. The first-order chi connectivity index (χ1) is 17.7. The predicted molar refractivity (Wildman–Crippen MR) is 142 cm³/mol. The van der Waals surface area contributed by atoms with E-state index in [0.717, 1.165) is 25.7 Å². The van der Waals surface area contributed by atoms with E-state index in [1.54, 1.807) is 4.90 Å². The summed E-state index contributed by atoms with van der Waals surface area (Å²) in [4.78, 5) is 43.5. The molecule has 37 heavy (non-hydrogen) atoms. The van der Waals surface area contributed by atoms with E-state index >= 15 is 0 Å². The standard InChI is InChI=1S/C29H43N3O5/c1-6-8-12-15-30-26(35)24-29-16-19(4)28(5,37-29)22(25(34)31-20-13-10-9-11-14-20)23(29)27(36)32(24)21(17-33)18(3)7-2/h9-11,13-14,18-19,21-24,33H,6-8,12,15-17H2,1-5H3,(H,30,35)(H,31,34)/t18-,19?,21-,22-,23-,24?,28+,29?/m0/s1. The summed E-state index contributed by atoms with van der Waals surface area (Å²) < 4.78 is 6.76. The largest absolute Gasteiger partial charge is 0.394 e. The van der Waals surface area contributed by atoms with Gasteiger partial charge in [-0.25, -0.2) is 0 Å². The van der Waals surface area contributed by atoms with Crippen molar-refractivity contribution in [3.8, 4) is 0 Å². The van der Waals surface area contributed by atoms with Crippen molar-refractivity contribution in [1.82, 2.24) is 10.2 Å². The van der Waals surface area contributed by atoms with Crippen LogP contribution in [0.1, 0.15) is 66.7 Å². The number of nitrogens with one attached hydrogen (secondary N) is 2. The van der Waals surface area contributed by atoms with Gasteiger partial charge in [0.25, 0.3) is 0 Å². The number of aliphatic hydroxyl groups is 1. The molecule has 3 saturated heterocycles. The molecule has 2 bridgehead atoms. The minimum Gasteiger partial charge on any atom is -0.394 e. The SMILES string of the molecule is CCCCCNC(=O)C1N([C@@H](CO)[C@@H](C)CC)C(=O)[C@@H]2[C@@H](C(=O)Nc3ccccc3)[C@]3(C)OC12CC3C. The predicted octanol–water partition coefficient (Wildman–Crippen LogP) is 3.35. The number of amides is 3. The van der Waals surface area contributed by atoms with Gasteiger partial charge in [0.1, 0.15) is 11.6 Å². The van der Waals surface area contributed by atoms with Gasteiger partial charge in [0.15, 0.2) is 0 Å². The average molecular weight is 514 g/mol. The van der Waals surface area contributed by atoms with Gasteiger partial charge in [-0.15, -0.1) is 0 Å². The zero-order chi connectivity index (χ0) is 27.0. The fourth-order valence-corrected chi connectivity index (χ4v) is 6.97. The molecule has 3 heterocycles. The van der Waals surface area contributed by atoms with Crippen LogP contribution in [-0.4, -0.2) is 64.2 Å². The molecule has 3 amide bonds. The molecule has 3 aliphatic rings. The average Bonchev–Trinajstić information content (AvgIpc) is 3.39. The molecule has 8 heteroatoms. The van der Waals surface area contributed by atoms with E-state index in [1.165, 1.54) is 0 Å². The highest BCUT2D eigenvalue weighted by Gasteiger charge is 2.80. The normalized spacial score (nSPS) is 33.8. The number of likely N-dealkylation sites (tertiary alicyclic amines) is 1. The van der Waals surface area contributed by atoms with E-state index in [2.05, 4.69) is 17.6 Å². The Bertz CT molecular complexity index is 1000. The molecule has 0 radical (unpaired) electrons. The van der Waals surface area contributed by atoms with E-state index in [-0.39, 0.29) is 36.2 Å². The Morgan fingerprint density at radius 1 is 1.19 bits per heavy atom. The number of anilines is 1. The van der Waals surface area contributed by atoms with Crippen LogP contribution < -0.4 is 10.6 Å². The van der Waals surface area contributed by atoms with Crippen LogP contribution in [0, 0.1) is 23.7 Å². The zero-order valence-corrected chi connectivity index (χ0v) is 22.8. The van der Waals surface area contributed by atoms with Gasteiger partial charge in [-0.1, -0.05) is 65.2 Å². The highest BCUT2D eigenvalue weighted by atomic mass is 16.5. The Hall–Kier alpha value is -2.45. The Balaban J connectivity index is 1.74. The number of carbonyl (C=O) groups is 3. The summed E-state index contributed by atoms with van der Waals surface area (Å²) >= 11 is 0. The first-order valence-corrected chi connectivity index (χ1v) is 13.9. The molecule has 1 aromatic carbocycles. The van der Waals surface area contributed by atoms with Crippen molar-refractivity contribution < 1.29 is 24.2 Å². The van der Waals surface area contributed by atoms with Crippen LogP contribution in [-0.2, 0) is 19.1 Å². The molecule has 3 fully saturated rings. The van der Waals surface area contributed by atoms with Crippen LogP contribution in [0.25, 0.3) is 0 Å². The van der Waals surface area contributed by atoms with Crippen molar-refractivity contribution in [3.05, 3.63) is 30.3 Å². The molecule has 0 aliphatic carbocycles. The molecule has 1 spiro atoms. The van der Waals surface area contributed by atoms with Gasteiger partial charge in [-0.2, -0.15) is 0 Å². The molecule has 8 nitrogen and oxygen atoms in total. The molecule has 0 aromatic heterocycles. The number of carbonyl (C=O) groups excluding carboxylic acids is 3. The summed E-state index contributed by atoms with van der Waals surface area (Å²) in [6.45, 7) is 10.3. The second kappa shape index (κ2) is 10.7. The molecule has 8 atom stereocenters. The van der Waals surface area contributed by atoms with Gasteiger partial charge >= 0.3 is 0 Å².